The van der Waals surface area contributed by atoms with Gasteiger partial charge in [-0.1, -0.05) is 0 Å². The average Bonchev–Trinajstić information content (AvgIpc) is 2.91. The second-order valence-electron chi connectivity index (χ2n) is 5.56. The maximum Gasteiger partial charge on any atom is 0.0750 e. The minimum absolute atomic E-state index is 0.343. The van der Waals surface area contributed by atoms with Crippen molar-refractivity contribution in [2.75, 3.05) is 30.8 Å². The van der Waals surface area contributed by atoms with Crippen molar-refractivity contribution in [3.8, 4) is 0 Å². The molecule has 20 heavy (non-hydrogen) atoms. The van der Waals surface area contributed by atoms with Crippen molar-refractivity contribution in [3.05, 3.63) is 30.1 Å². The fraction of sp³-hybridized carbons (Fsp3) is 0.438. The van der Waals surface area contributed by atoms with Crippen molar-refractivity contribution in [1.29, 1.82) is 0 Å². The molecule has 0 amide bonds. The van der Waals surface area contributed by atoms with Gasteiger partial charge in [0, 0.05) is 54.2 Å². The molecule has 1 aromatic carbocycles. The summed E-state index contributed by atoms with van der Waals surface area (Å²) in [5, 5.41) is 2.19. The molecule has 1 aliphatic rings. The molecule has 1 aliphatic heterocycles. The van der Waals surface area contributed by atoms with Gasteiger partial charge in [0.2, 0.25) is 0 Å². The number of pyridine rings is 1. The summed E-state index contributed by atoms with van der Waals surface area (Å²) in [6.45, 7) is 3.82. The van der Waals surface area contributed by atoms with Crippen LogP contribution < -0.4 is 10.6 Å². The molecule has 1 aromatic heterocycles. The van der Waals surface area contributed by atoms with Gasteiger partial charge in [0.05, 0.1) is 6.10 Å². The molecule has 0 aliphatic carbocycles. The first-order valence-corrected chi connectivity index (χ1v) is 7.13. The number of benzene rings is 1. The first kappa shape index (κ1) is 13.2. The Bertz CT molecular complexity index is 620. The Kier molecular flexibility index (Phi) is 3.49. The van der Waals surface area contributed by atoms with Crippen molar-refractivity contribution in [1.82, 2.24) is 4.98 Å². The molecule has 1 atom stereocenters. The van der Waals surface area contributed by atoms with Crippen LogP contribution in [0, 0.1) is 6.92 Å². The lowest BCUT2D eigenvalue weighted by atomic mass is 10.1. The van der Waals surface area contributed by atoms with Gasteiger partial charge < -0.3 is 15.4 Å². The monoisotopic (exact) mass is 271 g/mol. The van der Waals surface area contributed by atoms with E-state index >= 15 is 0 Å². The molecule has 1 fully saturated rings. The molecule has 106 valence electrons. The molecule has 4 heteroatoms. The summed E-state index contributed by atoms with van der Waals surface area (Å²) in [6.07, 6.45) is 4.53. The topological polar surface area (TPSA) is 51.4 Å². The molecule has 1 unspecified atom stereocenters. The van der Waals surface area contributed by atoms with E-state index in [2.05, 4.69) is 29.1 Å². The Hall–Kier alpha value is -1.81. The van der Waals surface area contributed by atoms with Gasteiger partial charge in [-0.2, -0.15) is 0 Å². The summed E-state index contributed by atoms with van der Waals surface area (Å²) < 4.78 is 5.73. The second-order valence-corrected chi connectivity index (χ2v) is 5.56. The number of nitrogens with two attached hydrogens (primary N) is 1. The molecular formula is C16H21N3O. The molecule has 2 heterocycles. The highest BCUT2D eigenvalue weighted by atomic mass is 16.5. The van der Waals surface area contributed by atoms with E-state index in [-0.39, 0.29) is 0 Å². The molecule has 1 saturated heterocycles. The van der Waals surface area contributed by atoms with Crippen LogP contribution in [0.2, 0.25) is 0 Å². The minimum Gasteiger partial charge on any atom is -0.398 e. The first-order valence-electron chi connectivity index (χ1n) is 7.13. The minimum atomic E-state index is 0.343. The molecule has 0 radical (unpaired) electrons. The van der Waals surface area contributed by atoms with E-state index in [9.17, 15) is 0 Å². The Morgan fingerprint density at radius 3 is 3.00 bits per heavy atom. The van der Waals surface area contributed by atoms with Gasteiger partial charge in [-0.15, -0.1) is 0 Å². The summed E-state index contributed by atoms with van der Waals surface area (Å²) in [4.78, 5) is 6.61. The summed E-state index contributed by atoms with van der Waals surface area (Å²) in [5.74, 6) is 0. The van der Waals surface area contributed by atoms with E-state index < -0.39 is 0 Å². The molecule has 2 aromatic rings. The maximum absolute atomic E-state index is 6.06. The predicted molar refractivity (Wildman–Crippen MR) is 83.1 cm³/mol. The summed E-state index contributed by atoms with van der Waals surface area (Å²) in [5.41, 5.74) is 9.03. The molecule has 4 nitrogen and oxygen atoms in total. The number of likely N-dealkylation sites (N-methyl/N-ethyl adjacent to an activating group) is 1. The number of rotatable bonds is 3. The summed E-state index contributed by atoms with van der Waals surface area (Å²) in [6, 6.07) is 6.15. The van der Waals surface area contributed by atoms with Crippen molar-refractivity contribution in [2.45, 2.75) is 25.9 Å². The lowest BCUT2D eigenvalue weighted by Gasteiger charge is -2.24. The number of aromatic nitrogens is 1. The number of hydrogen-bond donors (Lipinski definition) is 1. The Morgan fingerprint density at radius 1 is 1.40 bits per heavy atom. The Labute approximate surface area is 119 Å². The zero-order chi connectivity index (χ0) is 14.1. The number of ether oxygens (including phenoxy) is 1. The normalized spacial score (nSPS) is 18.6. The fourth-order valence-corrected chi connectivity index (χ4v) is 2.88. The highest BCUT2D eigenvalue weighted by Crippen LogP contribution is 2.31. The Morgan fingerprint density at radius 2 is 2.25 bits per heavy atom. The summed E-state index contributed by atoms with van der Waals surface area (Å²) >= 11 is 0. The highest BCUT2D eigenvalue weighted by Gasteiger charge is 2.18. The summed E-state index contributed by atoms with van der Waals surface area (Å²) in [7, 11) is 2.11. The lowest BCUT2D eigenvalue weighted by molar-refractivity contribution is 0.116. The molecule has 0 bridgehead atoms. The molecule has 3 rings (SSSR count). The largest absolute Gasteiger partial charge is 0.398 e. The zero-order valence-corrected chi connectivity index (χ0v) is 12.1. The van der Waals surface area contributed by atoms with E-state index in [1.165, 1.54) is 12.1 Å². The van der Waals surface area contributed by atoms with Gasteiger partial charge in [0.25, 0.3) is 0 Å². The number of nitrogens with zero attached hydrogens (tertiary/aromatic N) is 2. The average molecular weight is 271 g/mol. The lowest BCUT2D eigenvalue weighted by Crippen LogP contribution is -2.28. The SMILES string of the molecule is Cc1cc2c(N(C)CC3CCCO3)ccc(N)c2cn1. The van der Waals surface area contributed by atoms with Crippen molar-refractivity contribution in [3.63, 3.8) is 0 Å². The number of nitrogen functional groups attached to an aromatic ring is 1. The molecule has 0 spiro atoms. The van der Waals surface area contributed by atoms with Crippen LogP contribution in [0.3, 0.4) is 0 Å². The molecule has 0 saturated carbocycles. The zero-order valence-electron chi connectivity index (χ0n) is 12.1. The van der Waals surface area contributed by atoms with Crippen molar-refractivity contribution in [2.24, 2.45) is 0 Å². The van der Waals surface area contributed by atoms with Gasteiger partial charge in [-0.05, 0) is 38.0 Å². The van der Waals surface area contributed by atoms with Gasteiger partial charge in [0.1, 0.15) is 0 Å². The van der Waals surface area contributed by atoms with Gasteiger partial charge >= 0.3 is 0 Å². The van der Waals surface area contributed by atoms with Crippen LogP contribution in [-0.2, 0) is 4.74 Å². The van der Waals surface area contributed by atoms with Gasteiger partial charge in [-0.25, -0.2) is 0 Å². The standard InChI is InChI=1S/C16H21N3O/c1-11-8-13-14(9-18-11)15(17)5-6-16(13)19(2)10-12-4-3-7-20-12/h5-6,8-9,12H,3-4,7,10,17H2,1-2H3. The van der Waals surface area contributed by atoms with E-state index in [4.69, 9.17) is 10.5 Å². The van der Waals surface area contributed by atoms with Gasteiger partial charge in [0.15, 0.2) is 0 Å². The van der Waals surface area contributed by atoms with Crippen molar-refractivity contribution < 1.29 is 4.74 Å². The first-order chi connectivity index (χ1) is 9.65. The van der Waals surface area contributed by atoms with Crippen LogP contribution in [0.25, 0.3) is 10.8 Å². The van der Waals surface area contributed by atoms with E-state index in [1.807, 2.05) is 19.2 Å². The second kappa shape index (κ2) is 5.29. The molecular weight excluding hydrogens is 250 g/mol. The number of hydrogen-bond acceptors (Lipinski definition) is 4. The predicted octanol–water partition coefficient (Wildman–Crippen LogP) is 2.74. The number of aryl methyl sites for hydroxylation is 1. The maximum atomic E-state index is 6.06. The third-order valence-electron chi connectivity index (χ3n) is 3.96. The van der Waals surface area contributed by atoms with Crippen LogP contribution in [0.4, 0.5) is 11.4 Å². The van der Waals surface area contributed by atoms with Crippen LogP contribution in [-0.4, -0.2) is 31.3 Å². The third kappa shape index (κ3) is 2.43. The highest BCUT2D eigenvalue weighted by molar-refractivity contribution is 6.01. The van der Waals surface area contributed by atoms with Crippen LogP contribution >= 0.6 is 0 Å². The van der Waals surface area contributed by atoms with Gasteiger partial charge in [-0.3, -0.25) is 4.98 Å². The quantitative estimate of drug-likeness (QED) is 0.872. The number of anilines is 2. The Balaban J connectivity index is 1.97. The third-order valence-corrected chi connectivity index (χ3v) is 3.96. The smallest absolute Gasteiger partial charge is 0.0750 e. The number of fused-ring (bicyclic) bond motifs is 1. The van der Waals surface area contributed by atoms with Crippen molar-refractivity contribution >= 4 is 22.1 Å². The van der Waals surface area contributed by atoms with E-state index in [0.29, 0.717) is 6.10 Å². The molecule has 2 N–H and O–H groups in total. The van der Waals surface area contributed by atoms with E-state index in [0.717, 1.165) is 41.7 Å². The van der Waals surface area contributed by atoms with Crippen LogP contribution in [0.5, 0.6) is 0 Å². The van der Waals surface area contributed by atoms with Crippen LogP contribution in [0.15, 0.2) is 24.4 Å². The van der Waals surface area contributed by atoms with Crippen LogP contribution in [0.1, 0.15) is 18.5 Å². The fourth-order valence-electron chi connectivity index (χ4n) is 2.88. The van der Waals surface area contributed by atoms with E-state index in [1.54, 1.807) is 0 Å².